The van der Waals surface area contributed by atoms with E-state index < -0.39 is 0 Å². The first-order valence-corrected chi connectivity index (χ1v) is 7.81. The Bertz CT molecular complexity index is 884. The second-order valence-electron chi connectivity index (χ2n) is 5.00. The number of allylic oxidation sites excluding steroid dienone is 1. The van der Waals surface area contributed by atoms with Crippen molar-refractivity contribution >= 4 is 27.6 Å². The summed E-state index contributed by atoms with van der Waals surface area (Å²) in [5, 5.41) is 18.9. The molecule has 0 aliphatic rings. The molecule has 0 spiro atoms. The molecule has 3 nitrogen and oxygen atoms in total. The van der Waals surface area contributed by atoms with Crippen LogP contribution in [0.2, 0.25) is 0 Å². The van der Waals surface area contributed by atoms with E-state index in [4.69, 9.17) is 0 Å². The van der Waals surface area contributed by atoms with Crippen LogP contribution in [0.1, 0.15) is 11.3 Å². The lowest BCUT2D eigenvalue weighted by Crippen LogP contribution is -1.94. The Morgan fingerprint density at radius 2 is 1.74 bits per heavy atom. The van der Waals surface area contributed by atoms with Crippen LogP contribution in [0.25, 0.3) is 17.3 Å². The molecule has 2 aromatic carbocycles. The van der Waals surface area contributed by atoms with E-state index in [0.29, 0.717) is 5.57 Å². The average Bonchev–Trinajstić information content (AvgIpc) is 3.02. The summed E-state index contributed by atoms with van der Waals surface area (Å²) in [6.07, 6.45) is 3.78. The van der Waals surface area contributed by atoms with Crippen LogP contribution >= 0.6 is 15.9 Å². The molecule has 0 atom stereocenters. The minimum absolute atomic E-state index is 0.227. The summed E-state index contributed by atoms with van der Waals surface area (Å²) in [7, 11) is 0. The van der Waals surface area contributed by atoms with Gasteiger partial charge in [-0.25, -0.2) is 0 Å². The number of phenols is 1. The van der Waals surface area contributed by atoms with E-state index in [2.05, 4.69) is 22.0 Å². The number of nitriles is 1. The summed E-state index contributed by atoms with van der Waals surface area (Å²) in [4.78, 5) is 0. The van der Waals surface area contributed by atoms with Crippen molar-refractivity contribution in [3.63, 3.8) is 0 Å². The first-order chi connectivity index (χ1) is 11.2. The van der Waals surface area contributed by atoms with Crippen LogP contribution in [0.15, 0.2) is 71.3 Å². The molecule has 4 heteroatoms. The molecule has 3 rings (SSSR count). The first kappa shape index (κ1) is 15.1. The van der Waals surface area contributed by atoms with Gasteiger partial charge < -0.3 is 9.67 Å². The molecule has 0 saturated carbocycles. The lowest BCUT2D eigenvalue weighted by Gasteiger charge is -2.07. The molecule has 0 radical (unpaired) electrons. The van der Waals surface area contributed by atoms with Crippen LogP contribution in [0.5, 0.6) is 5.75 Å². The minimum atomic E-state index is 0.227. The molecule has 112 valence electrons. The smallest absolute Gasteiger partial charge is 0.115 e. The van der Waals surface area contributed by atoms with Crippen LogP contribution in [-0.4, -0.2) is 9.67 Å². The van der Waals surface area contributed by atoms with Gasteiger partial charge in [0.05, 0.1) is 11.6 Å². The third kappa shape index (κ3) is 3.36. The van der Waals surface area contributed by atoms with Gasteiger partial charge in [0.25, 0.3) is 0 Å². The van der Waals surface area contributed by atoms with Crippen molar-refractivity contribution in [2.75, 3.05) is 0 Å². The van der Waals surface area contributed by atoms with Crippen LogP contribution in [0.3, 0.4) is 0 Å². The number of phenolic OH excluding ortho intramolecular Hbond substituents is 1. The van der Waals surface area contributed by atoms with E-state index in [1.54, 1.807) is 12.1 Å². The Kier molecular flexibility index (Phi) is 4.31. The van der Waals surface area contributed by atoms with Crippen molar-refractivity contribution in [1.29, 1.82) is 5.26 Å². The zero-order chi connectivity index (χ0) is 16.2. The normalized spacial score (nSPS) is 11.2. The zero-order valence-corrected chi connectivity index (χ0v) is 13.7. The van der Waals surface area contributed by atoms with Gasteiger partial charge in [-0.15, -0.1) is 0 Å². The quantitative estimate of drug-likeness (QED) is 0.664. The number of aromatic nitrogens is 1. The molecule has 3 aromatic rings. The molecule has 1 aromatic heterocycles. The van der Waals surface area contributed by atoms with Crippen LogP contribution in [0, 0.1) is 11.3 Å². The molecule has 0 fully saturated rings. The van der Waals surface area contributed by atoms with Crippen LogP contribution in [-0.2, 0) is 0 Å². The number of hydrogen-bond acceptors (Lipinski definition) is 2. The van der Waals surface area contributed by atoms with E-state index in [1.165, 1.54) is 0 Å². The lowest BCUT2D eigenvalue weighted by molar-refractivity contribution is 0.475. The maximum Gasteiger partial charge on any atom is 0.115 e. The molecular formula is C19H13BrN2O. The fourth-order valence-electron chi connectivity index (χ4n) is 2.32. The fourth-order valence-corrected chi connectivity index (χ4v) is 2.58. The maximum atomic E-state index is 9.47. The van der Waals surface area contributed by atoms with Gasteiger partial charge in [0.1, 0.15) is 5.75 Å². The molecule has 0 amide bonds. The zero-order valence-electron chi connectivity index (χ0n) is 12.1. The number of aromatic hydroxyl groups is 1. The van der Waals surface area contributed by atoms with Gasteiger partial charge in [0.15, 0.2) is 0 Å². The van der Waals surface area contributed by atoms with Crippen molar-refractivity contribution in [2.24, 2.45) is 0 Å². The predicted molar refractivity (Wildman–Crippen MR) is 95.1 cm³/mol. The van der Waals surface area contributed by atoms with E-state index >= 15 is 0 Å². The Balaban J connectivity index is 2.02. The van der Waals surface area contributed by atoms with Crippen molar-refractivity contribution < 1.29 is 5.11 Å². The summed E-state index contributed by atoms with van der Waals surface area (Å²) >= 11 is 3.40. The fraction of sp³-hybridized carbons (Fsp3) is 0. The largest absolute Gasteiger partial charge is 0.508 e. The van der Waals surface area contributed by atoms with E-state index in [0.717, 1.165) is 21.4 Å². The molecule has 0 aliphatic carbocycles. The third-order valence-electron chi connectivity index (χ3n) is 3.48. The summed E-state index contributed by atoms with van der Waals surface area (Å²) < 4.78 is 2.95. The minimum Gasteiger partial charge on any atom is -0.508 e. The summed E-state index contributed by atoms with van der Waals surface area (Å²) in [5.41, 5.74) is 3.28. The highest BCUT2D eigenvalue weighted by Crippen LogP contribution is 2.23. The van der Waals surface area contributed by atoms with Gasteiger partial charge in [0, 0.05) is 22.1 Å². The van der Waals surface area contributed by atoms with Crippen molar-refractivity contribution in [3.05, 3.63) is 82.6 Å². The average molecular weight is 365 g/mol. The molecule has 0 saturated heterocycles. The number of rotatable bonds is 3. The van der Waals surface area contributed by atoms with Gasteiger partial charge in [-0.05, 0) is 60.2 Å². The highest BCUT2D eigenvalue weighted by molar-refractivity contribution is 9.10. The predicted octanol–water partition coefficient (Wildman–Crippen LogP) is 5.01. The Hall–Kier alpha value is -2.77. The highest BCUT2D eigenvalue weighted by Gasteiger charge is 2.05. The first-order valence-electron chi connectivity index (χ1n) is 7.02. The van der Waals surface area contributed by atoms with Gasteiger partial charge >= 0.3 is 0 Å². The number of benzene rings is 2. The molecule has 1 heterocycles. The van der Waals surface area contributed by atoms with Crippen LogP contribution in [0.4, 0.5) is 0 Å². The van der Waals surface area contributed by atoms with E-state index in [1.807, 2.05) is 65.4 Å². The molecule has 23 heavy (non-hydrogen) atoms. The van der Waals surface area contributed by atoms with Gasteiger partial charge in [-0.3, -0.25) is 0 Å². The standard InChI is InChI=1S/C19H13BrN2O/c20-16-5-3-14(4-6-16)15(13-21)12-18-2-1-11-22(18)17-7-9-19(23)10-8-17/h1-12,23H/b15-12+. The van der Waals surface area contributed by atoms with Gasteiger partial charge in [0.2, 0.25) is 0 Å². The highest BCUT2D eigenvalue weighted by atomic mass is 79.9. The Labute approximate surface area is 142 Å². The molecule has 1 N–H and O–H groups in total. The number of hydrogen-bond donors (Lipinski definition) is 1. The van der Waals surface area contributed by atoms with E-state index in [-0.39, 0.29) is 5.75 Å². The van der Waals surface area contributed by atoms with Gasteiger partial charge in [-0.2, -0.15) is 5.26 Å². The molecular weight excluding hydrogens is 352 g/mol. The number of halogens is 1. The monoisotopic (exact) mass is 364 g/mol. The second-order valence-corrected chi connectivity index (χ2v) is 5.91. The topological polar surface area (TPSA) is 49.0 Å². The van der Waals surface area contributed by atoms with E-state index in [9.17, 15) is 10.4 Å². The molecule has 0 bridgehead atoms. The third-order valence-corrected chi connectivity index (χ3v) is 4.00. The van der Waals surface area contributed by atoms with Crippen molar-refractivity contribution in [1.82, 2.24) is 4.57 Å². The number of nitrogens with zero attached hydrogens (tertiary/aromatic N) is 2. The lowest BCUT2D eigenvalue weighted by atomic mass is 10.1. The molecule has 0 unspecified atom stereocenters. The van der Waals surface area contributed by atoms with Crippen molar-refractivity contribution in [2.45, 2.75) is 0 Å². The summed E-state index contributed by atoms with van der Waals surface area (Å²) in [6, 6.07) is 20.7. The summed E-state index contributed by atoms with van der Waals surface area (Å²) in [5.74, 6) is 0.227. The van der Waals surface area contributed by atoms with Gasteiger partial charge in [-0.1, -0.05) is 28.1 Å². The molecule has 0 aliphatic heterocycles. The van der Waals surface area contributed by atoms with Crippen LogP contribution < -0.4 is 0 Å². The second kappa shape index (κ2) is 6.55. The Morgan fingerprint density at radius 3 is 2.39 bits per heavy atom. The SMILES string of the molecule is N#C/C(=C\c1cccn1-c1ccc(O)cc1)c1ccc(Br)cc1. The Morgan fingerprint density at radius 1 is 1.04 bits per heavy atom. The summed E-state index contributed by atoms with van der Waals surface area (Å²) in [6.45, 7) is 0. The maximum absolute atomic E-state index is 9.47. The van der Waals surface area contributed by atoms with Crippen molar-refractivity contribution in [3.8, 4) is 17.5 Å².